The lowest BCUT2D eigenvalue weighted by Crippen LogP contribution is -2.40. The molecule has 0 aliphatic carbocycles. The van der Waals surface area contributed by atoms with E-state index in [1.54, 1.807) is 12.4 Å². The number of aromatic nitrogens is 1. The normalized spacial score (nSPS) is 22.9. The fraction of sp³-hybridized carbons (Fsp3) is 0.571. The van der Waals surface area contributed by atoms with Crippen LogP contribution in [0.4, 0.5) is 0 Å². The molecule has 1 aromatic rings. The van der Waals surface area contributed by atoms with Crippen LogP contribution >= 0.6 is 0 Å². The van der Waals surface area contributed by atoms with E-state index in [4.69, 9.17) is 4.74 Å². The molecule has 0 spiro atoms. The monoisotopic (exact) mass is 248 g/mol. The summed E-state index contributed by atoms with van der Waals surface area (Å²) in [6.07, 6.45) is 6.01. The van der Waals surface area contributed by atoms with Crippen molar-refractivity contribution in [2.45, 2.75) is 32.2 Å². The third-order valence-electron chi connectivity index (χ3n) is 3.27. The molecule has 0 aromatic carbocycles. The van der Waals surface area contributed by atoms with Crippen molar-refractivity contribution < 1.29 is 9.53 Å². The lowest BCUT2D eigenvalue weighted by molar-refractivity contribution is -0.122. The van der Waals surface area contributed by atoms with E-state index in [9.17, 15) is 4.79 Å². The number of amides is 1. The lowest BCUT2D eigenvalue weighted by atomic mass is 9.95. The van der Waals surface area contributed by atoms with Crippen LogP contribution < -0.4 is 5.32 Å². The van der Waals surface area contributed by atoms with Crippen molar-refractivity contribution in [3.05, 3.63) is 30.1 Å². The van der Waals surface area contributed by atoms with Crippen LogP contribution in [0, 0.1) is 5.92 Å². The van der Waals surface area contributed by atoms with Crippen LogP contribution in [0.2, 0.25) is 0 Å². The van der Waals surface area contributed by atoms with Crippen molar-refractivity contribution in [1.29, 1.82) is 0 Å². The van der Waals surface area contributed by atoms with Crippen molar-refractivity contribution in [3.8, 4) is 0 Å². The highest BCUT2D eigenvalue weighted by atomic mass is 16.5. The zero-order chi connectivity index (χ0) is 12.8. The molecule has 2 rings (SSSR count). The molecule has 2 atom stereocenters. The van der Waals surface area contributed by atoms with Crippen LogP contribution in [0.1, 0.15) is 25.3 Å². The lowest BCUT2D eigenvalue weighted by Gasteiger charge is -2.19. The molecule has 98 valence electrons. The summed E-state index contributed by atoms with van der Waals surface area (Å²) in [5.41, 5.74) is 1.25. The van der Waals surface area contributed by atoms with Crippen molar-refractivity contribution in [3.63, 3.8) is 0 Å². The van der Waals surface area contributed by atoms with E-state index in [0.717, 1.165) is 19.4 Å². The van der Waals surface area contributed by atoms with E-state index >= 15 is 0 Å². The van der Waals surface area contributed by atoms with Crippen molar-refractivity contribution in [1.82, 2.24) is 10.3 Å². The standard InChI is InChI=1S/C14H20N2O2/c1-2-3-14(17)16-13-10-18-9-12(13)8-11-4-6-15-7-5-11/h4-7,12-13H,2-3,8-10H2,1H3,(H,16,17). The van der Waals surface area contributed by atoms with Gasteiger partial charge in [0.15, 0.2) is 0 Å². The van der Waals surface area contributed by atoms with Crippen LogP contribution in [0.15, 0.2) is 24.5 Å². The number of ether oxygens (including phenoxy) is 1. The first-order valence-electron chi connectivity index (χ1n) is 6.55. The molecule has 1 saturated heterocycles. The Morgan fingerprint density at radius 3 is 2.94 bits per heavy atom. The predicted octanol–water partition coefficient (Wildman–Crippen LogP) is 1.56. The Hall–Kier alpha value is -1.42. The second kappa shape index (κ2) is 6.50. The van der Waals surface area contributed by atoms with Crippen molar-refractivity contribution in [2.75, 3.05) is 13.2 Å². The second-order valence-electron chi connectivity index (χ2n) is 4.78. The summed E-state index contributed by atoms with van der Waals surface area (Å²) in [7, 11) is 0. The second-order valence-corrected chi connectivity index (χ2v) is 4.78. The molecule has 1 fully saturated rings. The van der Waals surface area contributed by atoms with Crippen LogP contribution in [0.5, 0.6) is 0 Å². The van der Waals surface area contributed by atoms with Gasteiger partial charge in [-0.2, -0.15) is 0 Å². The molecule has 0 bridgehead atoms. The fourth-order valence-corrected chi connectivity index (χ4v) is 2.29. The maximum Gasteiger partial charge on any atom is 0.220 e. The largest absolute Gasteiger partial charge is 0.379 e. The molecule has 4 heteroatoms. The number of carbonyl (C=O) groups is 1. The first-order chi connectivity index (χ1) is 8.79. The van der Waals surface area contributed by atoms with Gasteiger partial charge in [-0.1, -0.05) is 6.92 Å². The van der Waals surface area contributed by atoms with Crippen LogP contribution in [-0.4, -0.2) is 30.1 Å². The molecular weight excluding hydrogens is 228 g/mol. The average Bonchev–Trinajstić information content (AvgIpc) is 2.78. The van der Waals surface area contributed by atoms with Gasteiger partial charge < -0.3 is 10.1 Å². The van der Waals surface area contributed by atoms with Crippen LogP contribution in [0.25, 0.3) is 0 Å². The van der Waals surface area contributed by atoms with Gasteiger partial charge in [0.1, 0.15) is 0 Å². The molecule has 1 aromatic heterocycles. The van der Waals surface area contributed by atoms with Crippen LogP contribution in [0.3, 0.4) is 0 Å². The summed E-state index contributed by atoms with van der Waals surface area (Å²) in [6, 6.07) is 4.18. The smallest absolute Gasteiger partial charge is 0.220 e. The molecule has 0 radical (unpaired) electrons. The van der Waals surface area contributed by atoms with E-state index in [1.807, 2.05) is 19.1 Å². The number of carbonyl (C=O) groups excluding carboxylic acids is 1. The summed E-state index contributed by atoms with van der Waals surface area (Å²) in [4.78, 5) is 15.6. The molecule has 1 N–H and O–H groups in total. The Bertz CT molecular complexity index is 381. The number of nitrogens with one attached hydrogen (secondary N) is 1. The highest BCUT2D eigenvalue weighted by Gasteiger charge is 2.29. The maximum absolute atomic E-state index is 11.6. The number of hydrogen-bond acceptors (Lipinski definition) is 3. The zero-order valence-electron chi connectivity index (χ0n) is 10.8. The molecule has 2 heterocycles. The summed E-state index contributed by atoms with van der Waals surface area (Å²) in [5, 5.41) is 3.07. The van der Waals surface area contributed by atoms with Gasteiger partial charge >= 0.3 is 0 Å². The summed E-state index contributed by atoms with van der Waals surface area (Å²) in [5.74, 6) is 0.501. The highest BCUT2D eigenvalue weighted by Crippen LogP contribution is 2.19. The van der Waals surface area contributed by atoms with Crippen molar-refractivity contribution >= 4 is 5.91 Å². The van der Waals surface area contributed by atoms with Gasteiger partial charge in [-0.05, 0) is 30.5 Å². The Morgan fingerprint density at radius 1 is 1.44 bits per heavy atom. The Balaban J connectivity index is 1.89. The zero-order valence-corrected chi connectivity index (χ0v) is 10.8. The minimum absolute atomic E-state index is 0.132. The number of hydrogen-bond donors (Lipinski definition) is 1. The highest BCUT2D eigenvalue weighted by molar-refractivity contribution is 5.76. The molecule has 18 heavy (non-hydrogen) atoms. The topological polar surface area (TPSA) is 51.2 Å². The molecule has 1 aliphatic rings. The van der Waals surface area contributed by atoms with Gasteiger partial charge in [0.25, 0.3) is 0 Å². The molecule has 2 unspecified atom stereocenters. The third kappa shape index (κ3) is 3.53. The number of pyridine rings is 1. The SMILES string of the molecule is CCCC(=O)NC1COCC1Cc1ccncc1. The maximum atomic E-state index is 11.6. The van der Waals surface area contributed by atoms with E-state index < -0.39 is 0 Å². The first kappa shape index (κ1) is 13.0. The van der Waals surface area contributed by atoms with Gasteiger partial charge in [-0.3, -0.25) is 9.78 Å². The minimum atomic E-state index is 0.132. The quantitative estimate of drug-likeness (QED) is 0.860. The van der Waals surface area contributed by atoms with Gasteiger partial charge in [-0.25, -0.2) is 0 Å². The third-order valence-corrected chi connectivity index (χ3v) is 3.27. The summed E-state index contributed by atoms with van der Waals surface area (Å²) < 4.78 is 5.49. The molecule has 4 nitrogen and oxygen atoms in total. The number of rotatable bonds is 5. The van der Waals surface area contributed by atoms with Crippen LogP contribution in [-0.2, 0) is 16.0 Å². The van der Waals surface area contributed by atoms with E-state index in [1.165, 1.54) is 5.56 Å². The van der Waals surface area contributed by atoms with E-state index in [2.05, 4.69) is 10.3 Å². The fourth-order valence-electron chi connectivity index (χ4n) is 2.29. The summed E-state index contributed by atoms with van der Waals surface area (Å²) >= 11 is 0. The average molecular weight is 248 g/mol. The van der Waals surface area contributed by atoms with E-state index in [-0.39, 0.29) is 11.9 Å². The minimum Gasteiger partial charge on any atom is -0.379 e. The molecule has 1 amide bonds. The molecule has 0 saturated carbocycles. The van der Waals surface area contributed by atoms with Gasteiger partial charge in [0, 0.05) is 24.7 Å². The van der Waals surface area contributed by atoms with Gasteiger partial charge in [0.05, 0.1) is 19.3 Å². The Morgan fingerprint density at radius 2 is 2.22 bits per heavy atom. The van der Waals surface area contributed by atoms with Gasteiger partial charge in [0.2, 0.25) is 5.91 Å². The van der Waals surface area contributed by atoms with Gasteiger partial charge in [-0.15, -0.1) is 0 Å². The molecule has 1 aliphatic heterocycles. The van der Waals surface area contributed by atoms with Crippen molar-refractivity contribution in [2.24, 2.45) is 5.92 Å². The number of nitrogens with zero attached hydrogens (tertiary/aromatic N) is 1. The summed E-state index contributed by atoms with van der Waals surface area (Å²) in [6.45, 7) is 3.36. The first-order valence-corrected chi connectivity index (χ1v) is 6.55. The Labute approximate surface area is 108 Å². The predicted molar refractivity (Wildman–Crippen MR) is 69.1 cm³/mol. The molecular formula is C14H20N2O2. The Kier molecular flexibility index (Phi) is 4.70. The van der Waals surface area contributed by atoms with E-state index in [0.29, 0.717) is 18.9 Å².